The van der Waals surface area contributed by atoms with Gasteiger partial charge in [-0.1, -0.05) is 24.3 Å². The number of ketones is 1. The summed E-state index contributed by atoms with van der Waals surface area (Å²) in [6.07, 6.45) is 1.58. The zero-order valence-electron chi connectivity index (χ0n) is 14.4. The van der Waals surface area contributed by atoms with Gasteiger partial charge >= 0.3 is 0 Å². The molecule has 0 aliphatic carbocycles. The number of nitrogens with zero attached hydrogens (tertiary/aromatic N) is 2. The van der Waals surface area contributed by atoms with Crippen molar-refractivity contribution in [1.29, 1.82) is 5.26 Å². The Morgan fingerprint density at radius 3 is 2.22 bits per heavy atom. The first-order chi connectivity index (χ1) is 13.0. The molecule has 0 saturated carbocycles. The number of allylic oxidation sites excluding steroid dienone is 1. The van der Waals surface area contributed by atoms with Crippen LogP contribution < -0.4 is 0 Å². The van der Waals surface area contributed by atoms with E-state index in [4.69, 9.17) is 4.42 Å². The van der Waals surface area contributed by atoms with Crippen LogP contribution in [-0.2, 0) is 0 Å². The van der Waals surface area contributed by atoms with Crippen molar-refractivity contribution >= 4 is 23.1 Å². The Labute approximate surface area is 155 Å². The first kappa shape index (κ1) is 17.8. The third-order valence-corrected chi connectivity index (χ3v) is 4.00. The highest BCUT2D eigenvalue weighted by molar-refractivity contribution is 5.94. The van der Waals surface area contributed by atoms with Gasteiger partial charge < -0.3 is 4.42 Å². The fourth-order valence-corrected chi connectivity index (χ4v) is 2.54. The van der Waals surface area contributed by atoms with Gasteiger partial charge in [0.25, 0.3) is 5.69 Å². The molecule has 0 N–H and O–H groups in total. The third-order valence-electron chi connectivity index (χ3n) is 4.00. The predicted octanol–water partition coefficient (Wildman–Crippen LogP) is 5.12. The number of hydrogen-bond donors (Lipinski definition) is 0. The molecule has 3 rings (SSSR count). The van der Waals surface area contributed by atoms with Crippen molar-refractivity contribution in [2.75, 3.05) is 0 Å². The summed E-state index contributed by atoms with van der Waals surface area (Å²) >= 11 is 0. The predicted molar refractivity (Wildman–Crippen MR) is 101 cm³/mol. The molecule has 1 heterocycles. The number of furan rings is 1. The summed E-state index contributed by atoms with van der Waals surface area (Å²) in [7, 11) is 0. The minimum absolute atomic E-state index is 0.00798. The molecule has 0 aliphatic heterocycles. The lowest BCUT2D eigenvalue weighted by Crippen LogP contribution is -1.90. The number of rotatable bonds is 5. The van der Waals surface area contributed by atoms with Crippen molar-refractivity contribution < 1.29 is 14.1 Å². The fraction of sp³-hybridized carbons (Fsp3) is 0.0476. The Morgan fingerprint density at radius 1 is 1.04 bits per heavy atom. The van der Waals surface area contributed by atoms with Gasteiger partial charge in [0.05, 0.1) is 16.6 Å². The molecule has 0 saturated heterocycles. The van der Waals surface area contributed by atoms with Gasteiger partial charge in [0, 0.05) is 23.3 Å². The Balaban J connectivity index is 1.87. The normalized spacial score (nSPS) is 11.0. The maximum atomic E-state index is 11.3. The van der Waals surface area contributed by atoms with Crippen LogP contribution in [0.25, 0.3) is 23.0 Å². The molecule has 0 spiro atoms. The second-order valence-corrected chi connectivity index (χ2v) is 5.81. The summed E-state index contributed by atoms with van der Waals surface area (Å²) in [4.78, 5) is 21.6. The number of carbonyl (C=O) groups excluding carboxylic acids is 1. The number of non-ortho nitro benzene ring substituents is 1. The van der Waals surface area contributed by atoms with Crippen molar-refractivity contribution in [3.63, 3.8) is 0 Å². The summed E-state index contributed by atoms with van der Waals surface area (Å²) in [5, 5.41) is 20.1. The molecule has 0 bridgehead atoms. The summed E-state index contributed by atoms with van der Waals surface area (Å²) in [6.45, 7) is 1.51. The molecular weight excluding hydrogens is 344 g/mol. The maximum absolute atomic E-state index is 11.3. The second-order valence-electron chi connectivity index (χ2n) is 5.81. The average Bonchev–Trinajstić information content (AvgIpc) is 3.15. The molecule has 0 radical (unpaired) electrons. The largest absolute Gasteiger partial charge is 0.457 e. The molecule has 0 amide bonds. The molecule has 0 atom stereocenters. The minimum atomic E-state index is -0.490. The van der Waals surface area contributed by atoms with Crippen molar-refractivity contribution in [3.05, 3.63) is 87.7 Å². The second kappa shape index (κ2) is 7.50. The van der Waals surface area contributed by atoms with Gasteiger partial charge in [-0.2, -0.15) is 5.26 Å². The molecule has 0 fully saturated rings. The van der Waals surface area contributed by atoms with Crippen LogP contribution in [0.5, 0.6) is 0 Å². The Hall–Kier alpha value is -3.98. The van der Waals surface area contributed by atoms with E-state index in [1.165, 1.54) is 31.2 Å². The zero-order valence-corrected chi connectivity index (χ0v) is 14.4. The number of carbonyl (C=O) groups is 1. The topological polar surface area (TPSA) is 97.1 Å². The van der Waals surface area contributed by atoms with Crippen molar-refractivity contribution in [1.82, 2.24) is 0 Å². The van der Waals surface area contributed by atoms with E-state index < -0.39 is 4.92 Å². The molecule has 6 heteroatoms. The lowest BCUT2D eigenvalue weighted by Gasteiger charge is -2.00. The van der Waals surface area contributed by atoms with E-state index in [1.54, 1.807) is 42.5 Å². The molecule has 0 unspecified atom stereocenters. The highest BCUT2D eigenvalue weighted by Crippen LogP contribution is 2.26. The van der Waals surface area contributed by atoms with E-state index >= 15 is 0 Å². The van der Waals surface area contributed by atoms with E-state index in [9.17, 15) is 20.2 Å². The number of nitriles is 1. The number of nitro groups is 1. The highest BCUT2D eigenvalue weighted by Gasteiger charge is 2.09. The lowest BCUT2D eigenvalue weighted by molar-refractivity contribution is -0.384. The van der Waals surface area contributed by atoms with Gasteiger partial charge in [-0.15, -0.1) is 0 Å². The highest BCUT2D eigenvalue weighted by atomic mass is 16.6. The number of hydrogen-bond acceptors (Lipinski definition) is 5. The van der Waals surface area contributed by atoms with Gasteiger partial charge in [0.1, 0.15) is 11.5 Å². The Morgan fingerprint density at radius 2 is 1.67 bits per heavy atom. The smallest absolute Gasteiger partial charge is 0.269 e. The van der Waals surface area contributed by atoms with E-state index in [2.05, 4.69) is 6.07 Å². The third kappa shape index (κ3) is 3.99. The van der Waals surface area contributed by atoms with Crippen LogP contribution in [0.1, 0.15) is 28.6 Å². The molecule has 6 nitrogen and oxygen atoms in total. The van der Waals surface area contributed by atoms with Gasteiger partial charge in [-0.3, -0.25) is 14.9 Å². The van der Waals surface area contributed by atoms with Crippen LogP contribution in [0, 0.1) is 21.4 Å². The average molecular weight is 358 g/mol. The van der Waals surface area contributed by atoms with Crippen LogP contribution in [0.2, 0.25) is 0 Å². The van der Waals surface area contributed by atoms with Crippen molar-refractivity contribution in [2.45, 2.75) is 6.92 Å². The van der Waals surface area contributed by atoms with Gasteiger partial charge in [0.15, 0.2) is 5.78 Å². The number of Topliss-reactive ketones (excluding diaryl/α,β-unsaturated/α-hetero) is 1. The Bertz CT molecular complexity index is 1070. The van der Waals surface area contributed by atoms with Crippen LogP contribution in [-0.4, -0.2) is 10.7 Å². The minimum Gasteiger partial charge on any atom is -0.457 e. The van der Waals surface area contributed by atoms with Gasteiger partial charge in [0.2, 0.25) is 0 Å². The van der Waals surface area contributed by atoms with Crippen LogP contribution in [0.15, 0.2) is 65.1 Å². The number of benzene rings is 2. The SMILES string of the molecule is CC(=O)c1ccc(-c2ccc(/C=C(/C#N)c3ccc([N+](=O)[O-])cc3)o2)cc1. The van der Waals surface area contributed by atoms with Crippen molar-refractivity contribution in [3.8, 4) is 17.4 Å². The lowest BCUT2D eigenvalue weighted by atomic mass is 10.1. The van der Waals surface area contributed by atoms with E-state index in [0.717, 1.165) is 5.56 Å². The van der Waals surface area contributed by atoms with Crippen LogP contribution >= 0.6 is 0 Å². The van der Waals surface area contributed by atoms with Gasteiger partial charge in [-0.25, -0.2) is 0 Å². The van der Waals surface area contributed by atoms with E-state index in [-0.39, 0.29) is 11.5 Å². The first-order valence-corrected chi connectivity index (χ1v) is 8.06. The summed E-state index contributed by atoms with van der Waals surface area (Å²) < 4.78 is 5.77. The van der Waals surface area contributed by atoms with Crippen LogP contribution in [0.3, 0.4) is 0 Å². The maximum Gasteiger partial charge on any atom is 0.269 e. The molecule has 2 aromatic carbocycles. The first-order valence-electron chi connectivity index (χ1n) is 8.06. The monoisotopic (exact) mass is 358 g/mol. The van der Waals surface area contributed by atoms with E-state index in [0.29, 0.717) is 28.2 Å². The van der Waals surface area contributed by atoms with E-state index in [1.807, 2.05) is 0 Å². The van der Waals surface area contributed by atoms with Crippen LogP contribution in [0.4, 0.5) is 5.69 Å². The summed E-state index contributed by atoms with van der Waals surface area (Å²) in [5.74, 6) is 1.08. The fourth-order valence-electron chi connectivity index (χ4n) is 2.54. The standard InChI is InChI=1S/C21H14N2O4/c1-14(24)15-2-4-17(5-3-15)21-11-10-20(27-21)12-18(13-22)16-6-8-19(9-7-16)23(25)26/h2-12H,1H3/b18-12-. The molecular formula is C21H14N2O4. The molecule has 1 aromatic heterocycles. The zero-order chi connectivity index (χ0) is 19.4. The van der Waals surface area contributed by atoms with Crippen molar-refractivity contribution in [2.24, 2.45) is 0 Å². The molecule has 3 aromatic rings. The molecule has 132 valence electrons. The Kier molecular flexibility index (Phi) is 4.95. The number of nitro benzene ring substituents is 1. The summed E-state index contributed by atoms with van der Waals surface area (Å²) in [5.41, 5.74) is 2.29. The molecule has 27 heavy (non-hydrogen) atoms. The summed E-state index contributed by atoms with van der Waals surface area (Å²) in [6, 6.07) is 18.4. The van der Waals surface area contributed by atoms with Gasteiger partial charge in [-0.05, 0) is 42.8 Å². The molecule has 0 aliphatic rings. The quantitative estimate of drug-likeness (QED) is 0.273.